The van der Waals surface area contributed by atoms with Crippen LogP contribution in [0.1, 0.15) is 41.0 Å². The molecular formula is C16H17NO. The van der Waals surface area contributed by atoms with E-state index in [0.717, 1.165) is 24.2 Å². The predicted octanol–water partition coefficient (Wildman–Crippen LogP) is 3.15. The van der Waals surface area contributed by atoms with Gasteiger partial charge in [-0.25, -0.2) is 0 Å². The second-order valence-corrected chi connectivity index (χ2v) is 5.06. The van der Waals surface area contributed by atoms with E-state index in [2.05, 4.69) is 29.2 Å². The maximum absolute atomic E-state index is 10.2. The van der Waals surface area contributed by atoms with Crippen molar-refractivity contribution in [2.75, 3.05) is 0 Å². The van der Waals surface area contributed by atoms with E-state index < -0.39 is 6.10 Å². The molecule has 2 unspecified atom stereocenters. The summed E-state index contributed by atoms with van der Waals surface area (Å²) in [6, 6.07) is 14.3. The van der Waals surface area contributed by atoms with Crippen LogP contribution in [0, 0.1) is 6.92 Å². The quantitative estimate of drug-likeness (QED) is 0.892. The molecule has 0 fully saturated rings. The number of benzene rings is 1. The molecule has 0 saturated carbocycles. The number of aliphatic hydroxyl groups is 1. The predicted molar refractivity (Wildman–Crippen MR) is 71.4 cm³/mol. The molecule has 18 heavy (non-hydrogen) atoms. The Balaban J connectivity index is 1.72. The van der Waals surface area contributed by atoms with Gasteiger partial charge in [0.25, 0.3) is 0 Å². The highest BCUT2D eigenvalue weighted by Gasteiger charge is 2.28. The minimum Gasteiger partial charge on any atom is -0.387 e. The van der Waals surface area contributed by atoms with E-state index in [-0.39, 0.29) is 0 Å². The van der Waals surface area contributed by atoms with Gasteiger partial charge < -0.3 is 5.11 Å². The van der Waals surface area contributed by atoms with Crippen LogP contribution in [0.15, 0.2) is 42.5 Å². The molecule has 0 bridgehead atoms. The maximum Gasteiger partial charge on any atom is 0.0965 e. The van der Waals surface area contributed by atoms with Crippen LogP contribution in [-0.4, -0.2) is 10.1 Å². The lowest BCUT2D eigenvalue weighted by molar-refractivity contribution is 0.149. The van der Waals surface area contributed by atoms with Gasteiger partial charge in [0.1, 0.15) is 0 Å². The molecule has 2 heteroatoms. The third-order valence-electron chi connectivity index (χ3n) is 3.72. The number of hydrogen-bond donors (Lipinski definition) is 1. The lowest BCUT2D eigenvalue weighted by Crippen LogP contribution is -2.19. The van der Waals surface area contributed by atoms with E-state index in [9.17, 15) is 5.11 Å². The Bertz CT molecular complexity index is 565. The summed E-state index contributed by atoms with van der Waals surface area (Å²) in [6.07, 6.45) is 1.40. The molecule has 92 valence electrons. The standard InChI is InChI=1S/C16H17NO/c1-11-5-4-8-15(17-11)16(18)10-13-9-12-6-2-3-7-14(12)13/h2-8,13,16,18H,9-10H2,1H3. The Hall–Kier alpha value is -1.67. The summed E-state index contributed by atoms with van der Waals surface area (Å²) >= 11 is 0. The summed E-state index contributed by atoms with van der Waals surface area (Å²) in [5.74, 6) is 0.485. The largest absolute Gasteiger partial charge is 0.387 e. The first-order chi connectivity index (χ1) is 8.74. The van der Waals surface area contributed by atoms with Crippen molar-refractivity contribution >= 4 is 0 Å². The fourth-order valence-electron chi connectivity index (χ4n) is 2.71. The van der Waals surface area contributed by atoms with E-state index in [0.29, 0.717) is 5.92 Å². The molecular weight excluding hydrogens is 222 g/mol. The van der Waals surface area contributed by atoms with Crippen molar-refractivity contribution in [1.82, 2.24) is 4.98 Å². The van der Waals surface area contributed by atoms with Crippen molar-refractivity contribution in [2.24, 2.45) is 0 Å². The van der Waals surface area contributed by atoms with Crippen molar-refractivity contribution in [1.29, 1.82) is 0 Å². The van der Waals surface area contributed by atoms with Gasteiger partial charge in [-0.3, -0.25) is 4.98 Å². The van der Waals surface area contributed by atoms with E-state index in [4.69, 9.17) is 0 Å². The lowest BCUT2D eigenvalue weighted by atomic mass is 9.74. The second kappa shape index (κ2) is 4.54. The Labute approximate surface area is 107 Å². The van der Waals surface area contributed by atoms with Gasteiger partial charge in [0, 0.05) is 5.69 Å². The van der Waals surface area contributed by atoms with E-state index in [1.165, 1.54) is 11.1 Å². The number of pyridine rings is 1. The number of rotatable bonds is 3. The Morgan fingerprint density at radius 2 is 2.06 bits per heavy atom. The summed E-state index contributed by atoms with van der Waals surface area (Å²) in [7, 11) is 0. The molecule has 3 rings (SSSR count). The first-order valence-electron chi connectivity index (χ1n) is 6.43. The summed E-state index contributed by atoms with van der Waals surface area (Å²) in [4.78, 5) is 4.39. The molecule has 2 aromatic rings. The molecule has 2 atom stereocenters. The van der Waals surface area contributed by atoms with E-state index in [1.807, 2.05) is 25.1 Å². The molecule has 0 amide bonds. The van der Waals surface area contributed by atoms with Crippen LogP contribution in [0.2, 0.25) is 0 Å². The molecule has 0 saturated heterocycles. The van der Waals surface area contributed by atoms with Gasteiger partial charge in [0.15, 0.2) is 0 Å². The summed E-state index contributed by atoms with van der Waals surface area (Å²) in [5, 5.41) is 10.2. The zero-order valence-electron chi connectivity index (χ0n) is 10.5. The van der Waals surface area contributed by atoms with Crippen LogP contribution in [0.25, 0.3) is 0 Å². The SMILES string of the molecule is Cc1cccc(C(O)CC2Cc3ccccc32)n1. The molecule has 1 aliphatic carbocycles. The number of nitrogens with zero attached hydrogens (tertiary/aromatic N) is 1. The zero-order chi connectivity index (χ0) is 12.5. The second-order valence-electron chi connectivity index (χ2n) is 5.06. The molecule has 0 radical (unpaired) electrons. The van der Waals surface area contributed by atoms with Gasteiger partial charge in [0.05, 0.1) is 11.8 Å². The third kappa shape index (κ3) is 2.04. The van der Waals surface area contributed by atoms with Crippen molar-refractivity contribution in [3.63, 3.8) is 0 Å². The highest BCUT2D eigenvalue weighted by molar-refractivity contribution is 5.40. The van der Waals surface area contributed by atoms with Gasteiger partial charge in [-0.05, 0) is 48.9 Å². The van der Waals surface area contributed by atoms with Gasteiger partial charge in [-0.1, -0.05) is 30.3 Å². The average molecular weight is 239 g/mol. The van der Waals surface area contributed by atoms with Crippen molar-refractivity contribution in [3.05, 3.63) is 65.0 Å². The first-order valence-corrected chi connectivity index (χ1v) is 6.43. The fraction of sp³-hybridized carbons (Fsp3) is 0.312. The Kier molecular flexibility index (Phi) is 2.88. The molecule has 1 heterocycles. The Morgan fingerprint density at radius 1 is 1.22 bits per heavy atom. The molecule has 0 aliphatic heterocycles. The summed E-state index contributed by atoms with van der Waals surface area (Å²) < 4.78 is 0. The van der Waals surface area contributed by atoms with Crippen LogP contribution < -0.4 is 0 Å². The van der Waals surface area contributed by atoms with E-state index >= 15 is 0 Å². The van der Waals surface area contributed by atoms with Crippen molar-refractivity contribution in [3.8, 4) is 0 Å². The van der Waals surface area contributed by atoms with Crippen LogP contribution in [0.3, 0.4) is 0 Å². The fourth-order valence-corrected chi connectivity index (χ4v) is 2.71. The normalized spacial score (nSPS) is 18.9. The molecule has 1 N–H and O–H groups in total. The highest BCUT2D eigenvalue weighted by atomic mass is 16.3. The molecule has 1 aromatic heterocycles. The molecule has 2 nitrogen and oxygen atoms in total. The van der Waals surface area contributed by atoms with Gasteiger partial charge in [-0.2, -0.15) is 0 Å². The Morgan fingerprint density at radius 3 is 2.83 bits per heavy atom. The van der Waals surface area contributed by atoms with Crippen LogP contribution in [-0.2, 0) is 6.42 Å². The van der Waals surface area contributed by atoms with Gasteiger partial charge >= 0.3 is 0 Å². The molecule has 1 aliphatic rings. The minimum absolute atomic E-state index is 0.455. The van der Waals surface area contributed by atoms with Gasteiger partial charge in [0.2, 0.25) is 0 Å². The topological polar surface area (TPSA) is 33.1 Å². The third-order valence-corrected chi connectivity index (χ3v) is 3.72. The first kappa shape index (κ1) is 11.4. The monoisotopic (exact) mass is 239 g/mol. The van der Waals surface area contributed by atoms with Crippen LogP contribution in [0.4, 0.5) is 0 Å². The average Bonchev–Trinajstić information content (AvgIpc) is 2.36. The van der Waals surface area contributed by atoms with Crippen LogP contribution >= 0.6 is 0 Å². The minimum atomic E-state index is -0.455. The number of fused-ring (bicyclic) bond motifs is 1. The molecule has 0 spiro atoms. The number of aryl methyl sites for hydroxylation is 1. The van der Waals surface area contributed by atoms with Crippen molar-refractivity contribution in [2.45, 2.75) is 31.8 Å². The number of aromatic nitrogens is 1. The van der Waals surface area contributed by atoms with Crippen LogP contribution in [0.5, 0.6) is 0 Å². The smallest absolute Gasteiger partial charge is 0.0965 e. The van der Waals surface area contributed by atoms with Gasteiger partial charge in [-0.15, -0.1) is 0 Å². The summed E-state index contributed by atoms with van der Waals surface area (Å²) in [6.45, 7) is 1.95. The number of hydrogen-bond acceptors (Lipinski definition) is 2. The lowest BCUT2D eigenvalue weighted by Gasteiger charge is -2.31. The number of aliphatic hydroxyl groups excluding tert-OH is 1. The summed E-state index contributed by atoms with van der Waals surface area (Å²) in [5.41, 5.74) is 4.57. The molecule has 1 aromatic carbocycles. The maximum atomic E-state index is 10.2. The van der Waals surface area contributed by atoms with Crippen molar-refractivity contribution < 1.29 is 5.11 Å². The van der Waals surface area contributed by atoms with E-state index in [1.54, 1.807) is 0 Å². The highest BCUT2D eigenvalue weighted by Crippen LogP contribution is 2.40. The zero-order valence-corrected chi connectivity index (χ0v) is 10.5.